The number of rotatable bonds is 3. The maximum atomic E-state index is 13.8. The van der Waals surface area contributed by atoms with E-state index in [1.54, 1.807) is 12.4 Å². The highest BCUT2D eigenvalue weighted by atomic mass is 19.1. The third kappa shape index (κ3) is 3.39. The molecule has 1 aliphatic heterocycles. The van der Waals surface area contributed by atoms with Crippen molar-refractivity contribution in [1.82, 2.24) is 19.9 Å². The number of hydrogen-bond donors (Lipinski definition) is 0. The van der Waals surface area contributed by atoms with Gasteiger partial charge in [-0.3, -0.25) is 9.88 Å². The Labute approximate surface area is 144 Å². The van der Waals surface area contributed by atoms with Gasteiger partial charge in [-0.15, -0.1) is 0 Å². The van der Waals surface area contributed by atoms with Gasteiger partial charge in [-0.05, 0) is 18.2 Å². The zero-order valence-corrected chi connectivity index (χ0v) is 13.5. The van der Waals surface area contributed by atoms with Gasteiger partial charge in [-0.1, -0.05) is 6.07 Å². The Hall–Kier alpha value is -2.73. The SMILES string of the molecule is Fc1ccc(CN2CCc3nc(-c4cccnc4)ncc3C2)c(F)c1. The molecule has 0 saturated heterocycles. The van der Waals surface area contributed by atoms with Crippen LogP contribution in [0.1, 0.15) is 16.8 Å². The number of fused-ring (bicyclic) bond motifs is 1. The van der Waals surface area contributed by atoms with Crippen LogP contribution in [0.5, 0.6) is 0 Å². The van der Waals surface area contributed by atoms with Crippen LogP contribution in [0.15, 0.2) is 48.9 Å². The normalized spacial score (nSPS) is 14.3. The van der Waals surface area contributed by atoms with Gasteiger partial charge < -0.3 is 0 Å². The van der Waals surface area contributed by atoms with Crippen molar-refractivity contribution in [3.05, 3.63) is 77.4 Å². The van der Waals surface area contributed by atoms with Gasteiger partial charge >= 0.3 is 0 Å². The van der Waals surface area contributed by atoms with Crippen LogP contribution in [0.4, 0.5) is 8.78 Å². The minimum atomic E-state index is -0.554. The molecule has 0 unspecified atom stereocenters. The molecule has 126 valence electrons. The van der Waals surface area contributed by atoms with Crippen LogP contribution in [0.2, 0.25) is 0 Å². The van der Waals surface area contributed by atoms with Gasteiger partial charge in [-0.25, -0.2) is 18.7 Å². The quantitative estimate of drug-likeness (QED) is 0.734. The molecule has 3 heterocycles. The second-order valence-corrected chi connectivity index (χ2v) is 6.10. The minimum absolute atomic E-state index is 0.440. The zero-order chi connectivity index (χ0) is 17.2. The second-order valence-electron chi connectivity index (χ2n) is 6.10. The van der Waals surface area contributed by atoms with E-state index in [0.717, 1.165) is 35.9 Å². The highest BCUT2D eigenvalue weighted by molar-refractivity contribution is 5.53. The fourth-order valence-corrected chi connectivity index (χ4v) is 3.03. The van der Waals surface area contributed by atoms with Gasteiger partial charge in [0.25, 0.3) is 0 Å². The predicted molar refractivity (Wildman–Crippen MR) is 89.4 cm³/mol. The van der Waals surface area contributed by atoms with Gasteiger partial charge in [0, 0.05) is 67.4 Å². The fraction of sp³-hybridized carbons (Fsp3) is 0.211. The van der Waals surface area contributed by atoms with Crippen molar-refractivity contribution in [2.75, 3.05) is 6.54 Å². The summed E-state index contributed by atoms with van der Waals surface area (Å²) < 4.78 is 26.9. The highest BCUT2D eigenvalue weighted by Gasteiger charge is 2.20. The molecular formula is C19H16F2N4. The standard InChI is InChI=1S/C19H16F2N4/c20-16-4-3-14(17(21)8-16)11-25-7-5-18-15(12-25)10-23-19(24-18)13-2-1-6-22-9-13/h1-4,6,8-10H,5,7,11-12H2. The maximum Gasteiger partial charge on any atom is 0.160 e. The van der Waals surface area contributed by atoms with E-state index in [4.69, 9.17) is 0 Å². The topological polar surface area (TPSA) is 41.9 Å². The fourth-order valence-electron chi connectivity index (χ4n) is 3.03. The first kappa shape index (κ1) is 15.8. The summed E-state index contributed by atoms with van der Waals surface area (Å²) in [5.41, 5.74) is 3.45. The number of aromatic nitrogens is 3. The van der Waals surface area contributed by atoms with Gasteiger partial charge in [-0.2, -0.15) is 0 Å². The lowest BCUT2D eigenvalue weighted by Gasteiger charge is -2.28. The number of halogens is 2. The lowest BCUT2D eigenvalue weighted by molar-refractivity contribution is 0.239. The summed E-state index contributed by atoms with van der Waals surface area (Å²) in [5, 5.41) is 0. The summed E-state index contributed by atoms with van der Waals surface area (Å²) in [6.07, 6.45) is 6.06. The molecule has 0 saturated carbocycles. The summed E-state index contributed by atoms with van der Waals surface area (Å²) in [5.74, 6) is -0.388. The van der Waals surface area contributed by atoms with Gasteiger partial charge in [0.15, 0.2) is 5.82 Å². The largest absolute Gasteiger partial charge is 0.294 e. The molecule has 3 aromatic rings. The van der Waals surface area contributed by atoms with Gasteiger partial charge in [0.1, 0.15) is 11.6 Å². The summed E-state index contributed by atoms with van der Waals surface area (Å²) in [6.45, 7) is 1.86. The van der Waals surface area contributed by atoms with Crippen molar-refractivity contribution in [2.24, 2.45) is 0 Å². The van der Waals surface area contributed by atoms with Crippen molar-refractivity contribution >= 4 is 0 Å². The first-order chi connectivity index (χ1) is 12.2. The average Bonchev–Trinajstić information content (AvgIpc) is 2.64. The molecule has 0 fully saturated rings. The second kappa shape index (κ2) is 6.64. The highest BCUT2D eigenvalue weighted by Crippen LogP contribution is 2.22. The molecule has 4 nitrogen and oxygen atoms in total. The van der Waals surface area contributed by atoms with Gasteiger partial charge in [0.05, 0.1) is 5.69 Å². The molecule has 0 spiro atoms. The summed E-state index contributed by atoms with van der Waals surface area (Å²) >= 11 is 0. The number of benzene rings is 1. The van der Waals surface area contributed by atoms with E-state index in [0.29, 0.717) is 24.5 Å². The predicted octanol–water partition coefficient (Wildman–Crippen LogP) is 3.38. The van der Waals surface area contributed by atoms with Crippen LogP contribution < -0.4 is 0 Å². The first-order valence-electron chi connectivity index (χ1n) is 8.10. The molecule has 2 aromatic heterocycles. The lowest BCUT2D eigenvalue weighted by atomic mass is 10.1. The van der Waals surface area contributed by atoms with Crippen molar-refractivity contribution in [2.45, 2.75) is 19.5 Å². The molecule has 1 aliphatic rings. The Morgan fingerprint density at radius 3 is 2.84 bits per heavy atom. The van der Waals surface area contributed by atoms with E-state index in [2.05, 4.69) is 19.9 Å². The average molecular weight is 338 g/mol. The number of hydrogen-bond acceptors (Lipinski definition) is 4. The van der Waals surface area contributed by atoms with Crippen molar-refractivity contribution < 1.29 is 8.78 Å². The van der Waals surface area contributed by atoms with E-state index >= 15 is 0 Å². The summed E-state index contributed by atoms with van der Waals surface area (Å²) in [7, 11) is 0. The molecule has 25 heavy (non-hydrogen) atoms. The molecule has 0 amide bonds. The van der Waals surface area contributed by atoms with Crippen LogP contribution in [0.25, 0.3) is 11.4 Å². The molecule has 6 heteroatoms. The van der Waals surface area contributed by atoms with E-state index < -0.39 is 11.6 Å². The first-order valence-corrected chi connectivity index (χ1v) is 8.10. The Kier molecular flexibility index (Phi) is 4.19. The van der Waals surface area contributed by atoms with Crippen molar-refractivity contribution in [3.63, 3.8) is 0 Å². The third-order valence-corrected chi connectivity index (χ3v) is 4.34. The Morgan fingerprint density at radius 2 is 2.04 bits per heavy atom. The van der Waals surface area contributed by atoms with Crippen LogP contribution in [-0.2, 0) is 19.5 Å². The summed E-state index contributed by atoms with van der Waals surface area (Å²) in [6, 6.07) is 7.51. The third-order valence-electron chi connectivity index (χ3n) is 4.34. The molecular weight excluding hydrogens is 322 g/mol. The summed E-state index contributed by atoms with van der Waals surface area (Å²) in [4.78, 5) is 15.3. The Balaban J connectivity index is 1.52. The Bertz CT molecular complexity index is 899. The maximum absolute atomic E-state index is 13.8. The van der Waals surface area contributed by atoms with E-state index in [9.17, 15) is 8.78 Å². The molecule has 0 atom stereocenters. The molecule has 1 aromatic carbocycles. The van der Waals surface area contributed by atoms with E-state index in [-0.39, 0.29) is 0 Å². The van der Waals surface area contributed by atoms with E-state index in [1.807, 2.05) is 18.3 Å². The smallest absolute Gasteiger partial charge is 0.160 e. The monoisotopic (exact) mass is 338 g/mol. The molecule has 0 radical (unpaired) electrons. The van der Waals surface area contributed by atoms with E-state index in [1.165, 1.54) is 12.1 Å². The van der Waals surface area contributed by atoms with Crippen LogP contribution in [0.3, 0.4) is 0 Å². The lowest BCUT2D eigenvalue weighted by Crippen LogP contribution is -2.31. The molecule has 0 bridgehead atoms. The van der Waals surface area contributed by atoms with Crippen LogP contribution in [-0.4, -0.2) is 26.4 Å². The van der Waals surface area contributed by atoms with Gasteiger partial charge in [0.2, 0.25) is 0 Å². The van der Waals surface area contributed by atoms with Crippen molar-refractivity contribution in [1.29, 1.82) is 0 Å². The number of nitrogens with zero attached hydrogens (tertiary/aromatic N) is 4. The minimum Gasteiger partial charge on any atom is -0.294 e. The number of pyridine rings is 1. The van der Waals surface area contributed by atoms with Crippen molar-refractivity contribution in [3.8, 4) is 11.4 Å². The molecule has 0 N–H and O–H groups in total. The Morgan fingerprint density at radius 1 is 1.12 bits per heavy atom. The molecule has 4 rings (SSSR count). The zero-order valence-electron chi connectivity index (χ0n) is 13.5. The molecule has 0 aliphatic carbocycles. The van der Waals surface area contributed by atoms with Crippen LogP contribution in [0, 0.1) is 11.6 Å². The van der Waals surface area contributed by atoms with Crippen LogP contribution >= 0.6 is 0 Å².